The van der Waals surface area contributed by atoms with Gasteiger partial charge in [0.25, 0.3) is 0 Å². The average Bonchev–Trinajstić information content (AvgIpc) is 2.93. The molecule has 1 N–H and O–H groups in total. The van der Waals surface area contributed by atoms with Crippen LogP contribution >= 0.6 is 0 Å². The fraction of sp³-hybridized carbons (Fsp3) is 0.800. The van der Waals surface area contributed by atoms with Gasteiger partial charge in [0.15, 0.2) is 0 Å². The maximum Gasteiger partial charge on any atom is 0.0668 e. The largest absolute Gasteiger partial charge is 0.379 e. The molecule has 2 fully saturated rings. The molecular formula is C15H26N4O. The van der Waals surface area contributed by atoms with Crippen molar-refractivity contribution in [3.05, 3.63) is 17.5 Å². The van der Waals surface area contributed by atoms with E-state index in [2.05, 4.69) is 33.0 Å². The topological polar surface area (TPSA) is 44.4 Å². The first-order valence-corrected chi connectivity index (χ1v) is 7.85. The highest BCUT2D eigenvalue weighted by molar-refractivity contribution is 5.13. The van der Waals surface area contributed by atoms with Gasteiger partial charge in [-0.15, -0.1) is 0 Å². The molecule has 2 saturated heterocycles. The van der Waals surface area contributed by atoms with Gasteiger partial charge >= 0.3 is 0 Å². The number of hydrogen-bond donors (Lipinski definition) is 1. The van der Waals surface area contributed by atoms with Crippen LogP contribution < -0.4 is 0 Å². The number of aromatic nitrogens is 2. The lowest BCUT2D eigenvalue weighted by Gasteiger charge is -2.34. The Balaban J connectivity index is 1.47. The van der Waals surface area contributed by atoms with E-state index >= 15 is 0 Å². The van der Waals surface area contributed by atoms with Crippen molar-refractivity contribution in [1.82, 2.24) is 20.0 Å². The molecule has 1 unspecified atom stereocenters. The van der Waals surface area contributed by atoms with Gasteiger partial charge in [-0.3, -0.25) is 10.00 Å². The van der Waals surface area contributed by atoms with Crippen LogP contribution in [-0.2, 0) is 4.74 Å². The van der Waals surface area contributed by atoms with Crippen LogP contribution in [0, 0.1) is 6.92 Å². The summed E-state index contributed by atoms with van der Waals surface area (Å²) < 4.78 is 5.40. The van der Waals surface area contributed by atoms with Gasteiger partial charge in [-0.05, 0) is 32.4 Å². The zero-order valence-corrected chi connectivity index (χ0v) is 12.5. The molecule has 1 aromatic heterocycles. The second kappa shape index (κ2) is 6.70. The molecule has 0 saturated carbocycles. The van der Waals surface area contributed by atoms with Gasteiger partial charge < -0.3 is 9.64 Å². The molecule has 2 aliphatic heterocycles. The molecule has 0 aromatic carbocycles. The summed E-state index contributed by atoms with van der Waals surface area (Å²) >= 11 is 0. The smallest absolute Gasteiger partial charge is 0.0668 e. The van der Waals surface area contributed by atoms with E-state index in [1.807, 2.05) is 0 Å². The van der Waals surface area contributed by atoms with Crippen LogP contribution in [0.4, 0.5) is 0 Å². The van der Waals surface area contributed by atoms with E-state index in [0.717, 1.165) is 32.8 Å². The van der Waals surface area contributed by atoms with E-state index in [1.54, 1.807) is 0 Å². The Morgan fingerprint density at radius 1 is 1.25 bits per heavy atom. The summed E-state index contributed by atoms with van der Waals surface area (Å²) in [7, 11) is 0. The van der Waals surface area contributed by atoms with Gasteiger partial charge in [0, 0.05) is 44.3 Å². The molecule has 5 nitrogen and oxygen atoms in total. The number of H-pyrrole nitrogens is 1. The van der Waals surface area contributed by atoms with Gasteiger partial charge in [-0.1, -0.05) is 0 Å². The van der Waals surface area contributed by atoms with Crippen molar-refractivity contribution in [1.29, 1.82) is 0 Å². The molecule has 0 aliphatic carbocycles. The van der Waals surface area contributed by atoms with Gasteiger partial charge in [-0.25, -0.2) is 0 Å². The normalized spacial score (nSPS) is 25.9. The Bertz CT molecular complexity index is 414. The van der Waals surface area contributed by atoms with Crippen LogP contribution in [0.3, 0.4) is 0 Å². The third kappa shape index (κ3) is 3.59. The Hall–Kier alpha value is -0.910. The summed E-state index contributed by atoms with van der Waals surface area (Å²) in [4.78, 5) is 5.12. The molecule has 1 atom stereocenters. The molecule has 20 heavy (non-hydrogen) atoms. The Morgan fingerprint density at radius 2 is 2.05 bits per heavy atom. The molecule has 5 heteroatoms. The van der Waals surface area contributed by atoms with Crippen molar-refractivity contribution in [3.8, 4) is 0 Å². The summed E-state index contributed by atoms with van der Waals surface area (Å²) in [6.45, 7) is 10.8. The van der Waals surface area contributed by atoms with Crippen molar-refractivity contribution in [3.63, 3.8) is 0 Å². The second-order valence-corrected chi connectivity index (χ2v) is 6.07. The molecule has 2 aliphatic rings. The first kappa shape index (κ1) is 14.0. The maximum absolute atomic E-state index is 5.40. The van der Waals surface area contributed by atoms with E-state index < -0.39 is 0 Å². The summed E-state index contributed by atoms with van der Waals surface area (Å²) in [6.07, 6.45) is 2.57. The molecule has 1 aromatic rings. The number of ether oxygens (including phenoxy) is 1. The number of nitrogens with zero attached hydrogens (tertiary/aromatic N) is 3. The summed E-state index contributed by atoms with van der Waals surface area (Å²) in [5.41, 5.74) is 2.42. The predicted molar refractivity (Wildman–Crippen MR) is 79.0 cm³/mol. The average molecular weight is 278 g/mol. The molecular weight excluding hydrogens is 252 g/mol. The molecule has 0 amide bonds. The number of nitrogens with one attached hydrogen (secondary N) is 1. The van der Waals surface area contributed by atoms with E-state index in [-0.39, 0.29) is 0 Å². The summed E-state index contributed by atoms with van der Waals surface area (Å²) in [5, 5.41) is 7.52. The number of likely N-dealkylation sites (tertiary alicyclic amines) is 1. The zero-order chi connectivity index (χ0) is 13.8. The van der Waals surface area contributed by atoms with Crippen molar-refractivity contribution in [2.75, 3.05) is 52.5 Å². The highest BCUT2D eigenvalue weighted by atomic mass is 16.5. The Labute approximate surface area is 121 Å². The van der Waals surface area contributed by atoms with Crippen molar-refractivity contribution < 1.29 is 4.74 Å². The standard InChI is InChI=1S/C15H26N4O/c1-13-11-15(17-16-13)14-3-2-4-19(12-14)6-5-18-7-9-20-10-8-18/h11,14H,2-10,12H2,1H3,(H,16,17). The van der Waals surface area contributed by atoms with Gasteiger partial charge in [0.1, 0.15) is 0 Å². The minimum Gasteiger partial charge on any atom is -0.379 e. The SMILES string of the molecule is Cc1cc(C2CCCN(CCN3CCOCC3)C2)n[nH]1. The quantitative estimate of drug-likeness (QED) is 0.900. The number of morpholine rings is 1. The number of aryl methyl sites for hydroxylation is 1. The Kier molecular flexibility index (Phi) is 4.70. The monoisotopic (exact) mass is 278 g/mol. The molecule has 0 radical (unpaired) electrons. The first-order chi connectivity index (χ1) is 9.81. The fourth-order valence-electron chi connectivity index (χ4n) is 3.26. The zero-order valence-electron chi connectivity index (χ0n) is 12.5. The van der Waals surface area contributed by atoms with Crippen LogP contribution in [0.5, 0.6) is 0 Å². The third-order valence-corrected chi connectivity index (χ3v) is 4.49. The van der Waals surface area contributed by atoms with Crippen LogP contribution in [0.15, 0.2) is 6.07 Å². The molecule has 0 bridgehead atoms. The lowest BCUT2D eigenvalue weighted by atomic mass is 9.94. The van der Waals surface area contributed by atoms with Crippen molar-refractivity contribution >= 4 is 0 Å². The van der Waals surface area contributed by atoms with E-state index in [9.17, 15) is 0 Å². The first-order valence-electron chi connectivity index (χ1n) is 7.85. The lowest BCUT2D eigenvalue weighted by Crippen LogP contribution is -2.43. The van der Waals surface area contributed by atoms with Crippen molar-refractivity contribution in [2.45, 2.75) is 25.7 Å². The number of rotatable bonds is 4. The maximum atomic E-state index is 5.40. The van der Waals surface area contributed by atoms with E-state index in [0.29, 0.717) is 5.92 Å². The van der Waals surface area contributed by atoms with Crippen LogP contribution in [0.25, 0.3) is 0 Å². The highest BCUT2D eigenvalue weighted by Crippen LogP contribution is 2.25. The lowest BCUT2D eigenvalue weighted by molar-refractivity contribution is 0.0318. The van der Waals surface area contributed by atoms with E-state index in [4.69, 9.17) is 4.74 Å². The summed E-state index contributed by atoms with van der Waals surface area (Å²) in [6, 6.07) is 2.20. The molecule has 3 heterocycles. The Morgan fingerprint density at radius 3 is 2.80 bits per heavy atom. The van der Waals surface area contributed by atoms with Gasteiger partial charge in [-0.2, -0.15) is 5.10 Å². The number of hydrogen-bond acceptors (Lipinski definition) is 4. The third-order valence-electron chi connectivity index (χ3n) is 4.49. The van der Waals surface area contributed by atoms with Crippen LogP contribution in [0.1, 0.15) is 30.1 Å². The van der Waals surface area contributed by atoms with Crippen molar-refractivity contribution in [2.24, 2.45) is 0 Å². The van der Waals surface area contributed by atoms with Gasteiger partial charge in [0.05, 0.1) is 18.9 Å². The number of aromatic amines is 1. The molecule has 0 spiro atoms. The van der Waals surface area contributed by atoms with E-state index in [1.165, 1.54) is 43.9 Å². The highest BCUT2D eigenvalue weighted by Gasteiger charge is 2.23. The molecule has 3 rings (SSSR count). The van der Waals surface area contributed by atoms with Gasteiger partial charge in [0.2, 0.25) is 0 Å². The molecule has 112 valence electrons. The fourth-order valence-corrected chi connectivity index (χ4v) is 3.26. The van der Waals surface area contributed by atoms with Crippen LogP contribution in [0.2, 0.25) is 0 Å². The second-order valence-electron chi connectivity index (χ2n) is 6.07. The predicted octanol–water partition coefficient (Wildman–Crippen LogP) is 1.23. The van der Waals surface area contributed by atoms with Crippen LogP contribution in [-0.4, -0.2) is 72.5 Å². The minimum atomic E-state index is 0.610. The minimum absolute atomic E-state index is 0.610. The summed E-state index contributed by atoms with van der Waals surface area (Å²) in [5.74, 6) is 0.610. The number of piperidine rings is 1.